The number of amides is 1. The van der Waals surface area contributed by atoms with Crippen molar-refractivity contribution >= 4 is 16.8 Å². The minimum atomic E-state index is 0.0918. The zero-order chi connectivity index (χ0) is 17.1. The Kier molecular flexibility index (Phi) is 4.42. The number of pyridine rings is 2. The van der Waals surface area contributed by atoms with Gasteiger partial charge < -0.3 is 4.90 Å². The molecule has 1 aliphatic heterocycles. The maximum absolute atomic E-state index is 12.9. The smallest absolute Gasteiger partial charge is 0.255 e. The topological polar surface area (TPSA) is 46.1 Å². The molecule has 1 amide bonds. The first kappa shape index (κ1) is 15.8. The van der Waals surface area contributed by atoms with Gasteiger partial charge in [0.05, 0.1) is 11.1 Å². The first-order valence-electron chi connectivity index (χ1n) is 8.82. The van der Waals surface area contributed by atoms with Crippen LogP contribution in [0.25, 0.3) is 10.9 Å². The molecule has 3 heterocycles. The minimum absolute atomic E-state index is 0.0918. The number of aromatic nitrogens is 2. The number of carbonyl (C=O) groups is 1. The number of fused-ring (bicyclic) bond motifs is 1. The van der Waals surface area contributed by atoms with Crippen molar-refractivity contribution in [1.29, 1.82) is 0 Å². The first-order valence-corrected chi connectivity index (χ1v) is 8.82. The number of carbonyl (C=O) groups excluding carboxylic acids is 1. The summed E-state index contributed by atoms with van der Waals surface area (Å²) in [5, 5.41) is 1.01. The molecule has 0 N–H and O–H groups in total. The van der Waals surface area contributed by atoms with E-state index in [4.69, 9.17) is 0 Å². The first-order chi connectivity index (χ1) is 12.3. The number of para-hydroxylation sites is 1. The molecule has 1 aliphatic rings. The molecule has 4 heteroatoms. The number of hydrogen-bond donors (Lipinski definition) is 0. The second kappa shape index (κ2) is 7.01. The predicted molar refractivity (Wildman–Crippen MR) is 98.3 cm³/mol. The van der Waals surface area contributed by atoms with Crippen LogP contribution in [-0.2, 0) is 6.42 Å². The monoisotopic (exact) mass is 331 g/mol. The van der Waals surface area contributed by atoms with Crippen molar-refractivity contribution in [3.8, 4) is 0 Å². The molecule has 1 saturated heterocycles. The van der Waals surface area contributed by atoms with Crippen LogP contribution in [0.15, 0.2) is 61.1 Å². The Balaban J connectivity index is 1.49. The molecule has 1 fully saturated rings. The molecule has 0 saturated carbocycles. The number of piperidine rings is 1. The number of benzene rings is 1. The Labute approximate surface area is 147 Å². The molecule has 25 heavy (non-hydrogen) atoms. The van der Waals surface area contributed by atoms with Gasteiger partial charge in [-0.2, -0.15) is 0 Å². The second-order valence-corrected chi connectivity index (χ2v) is 6.74. The van der Waals surface area contributed by atoms with Crippen LogP contribution < -0.4 is 0 Å². The Morgan fingerprint density at radius 1 is 1.16 bits per heavy atom. The largest absolute Gasteiger partial charge is 0.338 e. The fourth-order valence-corrected chi connectivity index (χ4v) is 3.64. The molecule has 3 aromatic rings. The molecular weight excluding hydrogens is 310 g/mol. The maximum Gasteiger partial charge on any atom is 0.255 e. The summed E-state index contributed by atoms with van der Waals surface area (Å²) in [6.07, 6.45) is 8.62. The predicted octanol–water partition coefficient (Wildman–Crippen LogP) is 3.72. The van der Waals surface area contributed by atoms with Gasteiger partial charge in [0.1, 0.15) is 0 Å². The molecule has 0 aliphatic carbocycles. The molecule has 1 aromatic carbocycles. The summed E-state index contributed by atoms with van der Waals surface area (Å²) >= 11 is 0. The van der Waals surface area contributed by atoms with Crippen LogP contribution in [0.4, 0.5) is 0 Å². The summed E-state index contributed by atoms with van der Waals surface area (Å²) in [7, 11) is 0. The lowest BCUT2D eigenvalue weighted by atomic mass is 9.91. The van der Waals surface area contributed by atoms with Crippen molar-refractivity contribution in [1.82, 2.24) is 14.9 Å². The SMILES string of the molecule is O=C(c1cnc2ccccc2c1)N1CCCC(Cc2cccnc2)C1. The van der Waals surface area contributed by atoms with Crippen LogP contribution in [0.1, 0.15) is 28.8 Å². The Morgan fingerprint density at radius 3 is 2.96 bits per heavy atom. The molecule has 4 rings (SSSR count). The van der Waals surface area contributed by atoms with E-state index in [1.165, 1.54) is 5.56 Å². The summed E-state index contributed by atoms with van der Waals surface area (Å²) in [4.78, 5) is 23.5. The highest BCUT2D eigenvalue weighted by atomic mass is 16.2. The van der Waals surface area contributed by atoms with Gasteiger partial charge in [-0.25, -0.2) is 0 Å². The van der Waals surface area contributed by atoms with Crippen LogP contribution in [-0.4, -0.2) is 33.9 Å². The zero-order valence-corrected chi connectivity index (χ0v) is 14.1. The summed E-state index contributed by atoms with van der Waals surface area (Å²) in [5.74, 6) is 0.587. The van der Waals surface area contributed by atoms with E-state index >= 15 is 0 Å². The number of nitrogens with zero attached hydrogens (tertiary/aromatic N) is 3. The average molecular weight is 331 g/mol. The molecule has 2 aromatic heterocycles. The molecule has 126 valence electrons. The van der Waals surface area contributed by atoms with Crippen LogP contribution in [0.2, 0.25) is 0 Å². The highest BCUT2D eigenvalue weighted by Crippen LogP contribution is 2.23. The summed E-state index contributed by atoms with van der Waals surface area (Å²) < 4.78 is 0. The van der Waals surface area contributed by atoms with Crippen LogP contribution >= 0.6 is 0 Å². The fourth-order valence-electron chi connectivity index (χ4n) is 3.64. The van der Waals surface area contributed by atoms with Crippen molar-refractivity contribution < 1.29 is 4.79 Å². The van der Waals surface area contributed by atoms with E-state index in [-0.39, 0.29) is 5.91 Å². The minimum Gasteiger partial charge on any atom is -0.338 e. The molecule has 1 atom stereocenters. The van der Waals surface area contributed by atoms with E-state index in [9.17, 15) is 4.79 Å². The van der Waals surface area contributed by atoms with E-state index < -0.39 is 0 Å². The Hall–Kier alpha value is -2.75. The molecule has 4 nitrogen and oxygen atoms in total. The van der Waals surface area contributed by atoms with E-state index in [2.05, 4.69) is 16.0 Å². The van der Waals surface area contributed by atoms with Crippen LogP contribution in [0.5, 0.6) is 0 Å². The van der Waals surface area contributed by atoms with E-state index in [0.29, 0.717) is 11.5 Å². The zero-order valence-electron chi connectivity index (χ0n) is 14.1. The number of hydrogen-bond acceptors (Lipinski definition) is 3. The molecular formula is C21H21N3O. The number of likely N-dealkylation sites (tertiary alicyclic amines) is 1. The van der Waals surface area contributed by atoms with Gasteiger partial charge in [0, 0.05) is 37.1 Å². The third-order valence-corrected chi connectivity index (χ3v) is 4.89. The Bertz CT molecular complexity index is 878. The summed E-state index contributed by atoms with van der Waals surface area (Å²) in [5.41, 5.74) is 2.85. The Morgan fingerprint density at radius 2 is 2.08 bits per heavy atom. The van der Waals surface area contributed by atoms with Gasteiger partial charge in [0.15, 0.2) is 0 Å². The second-order valence-electron chi connectivity index (χ2n) is 6.74. The fraction of sp³-hybridized carbons (Fsp3) is 0.286. The standard InChI is InChI=1S/C21H21N3O/c25-21(19-12-18-7-1-2-8-20(18)23-14-19)24-10-4-6-17(15-24)11-16-5-3-9-22-13-16/h1-3,5,7-9,12-14,17H,4,6,10-11,15H2. The van der Waals surface area contributed by atoms with Crippen LogP contribution in [0.3, 0.4) is 0 Å². The normalized spacial score (nSPS) is 17.6. The third kappa shape index (κ3) is 3.53. The molecule has 0 radical (unpaired) electrons. The van der Waals surface area contributed by atoms with Gasteiger partial charge in [0.2, 0.25) is 0 Å². The van der Waals surface area contributed by atoms with Gasteiger partial charge >= 0.3 is 0 Å². The molecule has 0 spiro atoms. The number of rotatable bonds is 3. The molecule has 0 bridgehead atoms. The third-order valence-electron chi connectivity index (χ3n) is 4.89. The van der Waals surface area contributed by atoms with Crippen molar-refractivity contribution in [2.45, 2.75) is 19.3 Å². The van der Waals surface area contributed by atoms with Crippen molar-refractivity contribution in [2.75, 3.05) is 13.1 Å². The maximum atomic E-state index is 12.9. The van der Waals surface area contributed by atoms with Gasteiger partial charge in [-0.05, 0) is 48.9 Å². The average Bonchev–Trinajstić information content (AvgIpc) is 2.68. The van der Waals surface area contributed by atoms with E-state index in [0.717, 1.165) is 43.3 Å². The van der Waals surface area contributed by atoms with E-state index in [1.807, 2.05) is 47.5 Å². The van der Waals surface area contributed by atoms with E-state index in [1.54, 1.807) is 12.4 Å². The summed E-state index contributed by atoms with van der Waals surface area (Å²) in [6.45, 7) is 1.63. The van der Waals surface area contributed by atoms with Gasteiger partial charge in [-0.1, -0.05) is 24.3 Å². The summed E-state index contributed by atoms with van der Waals surface area (Å²) in [6, 6.07) is 13.9. The van der Waals surface area contributed by atoms with Crippen molar-refractivity contribution in [3.63, 3.8) is 0 Å². The molecule has 1 unspecified atom stereocenters. The highest BCUT2D eigenvalue weighted by Gasteiger charge is 2.25. The quantitative estimate of drug-likeness (QED) is 0.735. The lowest BCUT2D eigenvalue weighted by molar-refractivity contribution is 0.0673. The van der Waals surface area contributed by atoms with Crippen molar-refractivity contribution in [2.24, 2.45) is 5.92 Å². The lowest BCUT2D eigenvalue weighted by Gasteiger charge is -2.33. The van der Waals surface area contributed by atoms with Gasteiger partial charge in [0.25, 0.3) is 5.91 Å². The van der Waals surface area contributed by atoms with Crippen LogP contribution in [0, 0.1) is 5.92 Å². The van der Waals surface area contributed by atoms with Crippen molar-refractivity contribution in [3.05, 3.63) is 72.2 Å². The highest BCUT2D eigenvalue weighted by molar-refractivity contribution is 5.97. The van der Waals surface area contributed by atoms with Gasteiger partial charge in [-0.3, -0.25) is 14.8 Å². The lowest BCUT2D eigenvalue weighted by Crippen LogP contribution is -2.40. The van der Waals surface area contributed by atoms with Gasteiger partial charge in [-0.15, -0.1) is 0 Å².